The number of carbonyl (C=O) groups is 1. The quantitative estimate of drug-likeness (QED) is 0.759. The second-order valence-electron chi connectivity index (χ2n) is 4.39. The number of sulfonamides is 1. The molecule has 1 saturated heterocycles. The van der Waals surface area contributed by atoms with Crippen molar-refractivity contribution >= 4 is 47.9 Å². The zero-order valence-corrected chi connectivity index (χ0v) is 14.0. The van der Waals surface area contributed by atoms with Crippen molar-refractivity contribution in [2.24, 2.45) is 0 Å². The van der Waals surface area contributed by atoms with E-state index in [1.807, 2.05) is 0 Å². The summed E-state index contributed by atoms with van der Waals surface area (Å²) in [5.74, 6) is -1.27. The summed E-state index contributed by atoms with van der Waals surface area (Å²) in [6.45, 7) is -0.220. The van der Waals surface area contributed by atoms with Crippen LogP contribution in [-0.2, 0) is 14.8 Å². The Bertz CT molecular complexity index is 648. The normalized spacial score (nSPS) is 23.9. The van der Waals surface area contributed by atoms with E-state index in [0.29, 0.717) is 8.95 Å². The van der Waals surface area contributed by atoms with E-state index < -0.39 is 28.1 Å². The van der Waals surface area contributed by atoms with Crippen LogP contribution >= 0.6 is 31.9 Å². The zero-order valence-electron chi connectivity index (χ0n) is 10.0. The average Bonchev–Trinajstić information content (AvgIpc) is 2.71. The van der Waals surface area contributed by atoms with Gasteiger partial charge in [-0.15, -0.1) is 0 Å². The molecule has 1 aliphatic heterocycles. The Morgan fingerprint density at radius 1 is 1.35 bits per heavy atom. The lowest BCUT2D eigenvalue weighted by Crippen LogP contribution is -2.40. The van der Waals surface area contributed by atoms with E-state index in [4.69, 9.17) is 5.11 Å². The molecular formula is C11H11Br2NO5S. The number of aliphatic carboxylic acids is 1. The molecule has 1 heterocycles. The van der Waals surface area contributed by atoms with E-state index in [1.54, 1.807) is 12.1 Å². The molecule has 0 radical (unpaired) electrons. The largest absolute Gasteiger partial charge is 0.480 e. The van der Waals surface area contributed by atoms with Gasteiger partial charge in [0.1, 0.15) is 6.04 Å². The number of β-amino-alcohol motifs (C(OH)–C–C–N with tert-alkyl or cyclic N) is 1. The number of halogens is 2. The van der Waals surface area contributed by atoms with Crippen LogP contribution in [0.2, 0.25) is 0 Å². The predicted octanol–water partition coefficient (Wildman–Crippen LogP) is 1.42. The summed E-state index contributed by atoms with van der Waals surface area (Å²) >= 11 is 6.37. The summed E-state index contributed by atoms with van der Waals surface area (Å²) in [6.07, 6.45) is -1.08. The lowest BCUT2D eigenvalue weighted by atomic mass is 10.2. The SMILES string of the molecule is O=C(O)C1CC(O)CN1S(=O)(=O)c1ccc(Br)cc1Br. The highest BCUT2D eigenvalue weighted by atomic mass is 79.9. The maximum Gasteiger partial charge on any atom is 0.322 e. The topological polar surface area (TPSA) is 94.9 Å². The van der Waals surface area contributed by atoms with E-state index in [2.05, 4.69) is 31.9 Å². The fourth-order valence-electron chi connectivity index (χ4n) is 2.09. The van der Waals surface area contributed by atoms with Gasteiger partial charge in [0.2, 0.25) is 10.0 Å². The molecule has 110 valence electrons. The lowest BCUT2D eigenvalue weighted by molar-refractivity contribution is -0.140. The fraction of sp³-hybridized carbons (Fsp3) is 0.364. The Labute approximate surface area is 132 Å². The van der Waals surface area contributed by atoms with Crippen LogP contribution in [0.15, 0.2) is 32.0 Å². The van der Waals surface area contributed by atoms with Crippen molar-refractivity contribution in [2.75, 3.05) is 6.54 Å². The summed E-state index contributed by atoms with van der Waals surface area (Å²) in [4.78, 5) is 11.1. The van der Waals surface area contributed by atoms with Gasteiger partial charge in [0, 0.05) is 21.9 Å². The Kier molecular flexibility index (Phi) is 4.55. The molecule has 6 nitrogen and oxygen atoms in total. The molecule has 0 bridgehead atoms. The number of aliphatic hydroxyl groups is 1. The maximum atomic E-state index is 12.5. The van der Waals surface area contributed by atoms with Crippen LogP contribution in [0.4, 0.5) is 0 Å². The molecular weight excluding hydrogens is 418 g/mol. The van der Waals surface area contributed by atoms with Crippen molar-refractivity contribution in [3.05, 3.63) is 27.1 Å². The van der Waals surface area contributed by atoms with Crippen LogP contribution in [-0.4, -0.2) is 47.6 Å². The first kappa shape index (κ1) is 15.9. The summed E-state index contributed by atoms with van der Waals surface area (Å²) < 4.78 is 26.9. The van der Waals surface area contributed by atoms with E-state index >= 15 is 0 Å². The minimum Gasteiger partial charge on any atom is -0.480 e. The van der Waals surface area contributed by atoms with Crippen LogP contribution in [0.25, 0.3) is 0 Å². The molecule has 0 aliphatic carbocycles. The Hall–Kier alpha value is -0.480. The van der Waals surface area contributed by atoms with Gasteiger partial charge in [0.05, 0.1) is 11.0 Å². The predicted molar refractivity (Wildman–Crippen MR) is 77.8 cm³/mol. The molecule has 2 unspecified atom stereocenters. The number of hydrogen-bond donors (Lipinski definition) is 2. The summed E-state index contributed by atoms with van der Waals surface area (Å²) in [6, 6.07) is 3.26. The first-order valence-corrected chi connectivity index (χ1v) is 8.64. The van der Waals surface area contributed by atoms with Crippen molar-refractivity contribution in [1.29, 1.82) is 0 Å². The molecule has 2 atom stereocenters. The van der Waals surface area contributed by atoms with Gasteiger partial charge in [-0.2, -0.15) is 4.31 Å². The number of carboxylic acids is 1. The van der Waals surface area contributed by atoms with Crippen LogP contribution in [0, 0.1) is 0 Å². The number of benzene rings is 1. The second kappa shape index (κ2) is 5.72. The smallest absolute Gasteiger partial charge is 0.322 e. The van der Waals surface area contributed by atoms with E-state index in [0.717, 1.165) is 4.31 Å². The summed E-state index contributed by atoms with van der Waals surface area (Å²) in [5.41, 5.74) is 0. The Morgan fingerprint density at radius 3 is 2.55 bits per heavy atom. The highest BCUT2D eigenvalue weighted by molar-refractivity contribution is 9.11. The van der Waals surface area contributed by atoms with Gasteiger partial charge in [-0.25, -0.2) is 8.42 Å². The molecule has 0 amide bonds. The minimum absolute atomic E-state index is 0.0268. The zero-order chi connectivity index (χ0) is 15.1. The third-order valence-electron chi connectivity index (χ3n) is 3.00. The van der Waals surface area contributed by atoms with Gasteiger partial charge in [0.25, 0.3) is 0 Å². The van der Waals surface area contributed by atoms with Gasteiger partial charge in [-0.1, -0.05) is 15.9 Å². The maximum absolute atomic E-state index is 12.5. The third-order valence-corrected chi connectivity index (χ3v) is 6.34. The molecule has 0 aromatic heterocycles. The molecule has 0 saturated carbocycles. The van der Waals surface area contributed by atoms with Crippen LogP contribution in [0.5, 0.6) is 0 Å². The van der Waals surface area contributed by atoms with Gasteiger partial charge in [-0.05, 0) is 34.1 Å². The highest BCUT2D eigenvalue weighted by Gasteiger charge is 2.44. The molecule has 1 aliphatic rings. The number of carboxylic acid groups (broad SMARTS) is 1. The van der Waals surface area contributed by atoms with Gasteiger partial charge in [-0.3, -0.25) is 4.79 Å². The number of nitrogens with zero attached hydrogens (tertiary/aromatic N) is 1. The third kappa shape index (κ3) is 2.91. The summed E-state index contributed by atoms with van der Waals surface area (Å²) in [5, 5.41) is 18.6. The highest BCUT2D eigenvalue weighted by Crippen LogP contribution is 2.32. The van der Waals surface area contributed by atoms with Gasteiger partial charge < -0.3 is 10.2 Å². The lowest BCUT2D eigenvalue weighted by Gasteiger charge is -2.21. The van der Waals surface area contributed by atoms with E-state index in [1.165, 1.54) is 6.07 Å². The molecule has 2 N–H and O–H groups in total. The standard InChI is InChI=1S/C11H11Br2NO5S/c12-6-1-2-10(8(13)3-6)20(18,19)14-5-7(15)4-9(14)11(16)17/h1-3,7,9,15H,4-5H2,(H,16,17). The average molecular weight is 429 g/mol. The second-order valence-corrected chi connectivity index (χ2v) is 8.02. The first-order chi connectivity index (χ1) is 9.23. The molecule has 20 heavy (non-hydrogen) atoms. The Balaban J connectivity index is 2.46. The van der Waals surface area contributed by atoms with E-state index in [-0.39, 0.29) is 17.9 Å². The van der Waals surface area contributed by atoms with Crippen molar-refractivity contribution in [1.82, 2.24) is 4.31 Å². The van der Waals surface area contributed by atoms with Crippen molar-refractivity contribution in [3.63, 3.8) is 0 Å². The number of rotatable bonds is 3. The molecule has 1 aromatic carbocycles. The van der Waals surface area contributed by atoms with Crippen molar-refractivity contribution < 1.29 is 23.4 Å². The molecule has 9 heteroatoms. The Morgan fingerprint density at radius 2 is 2.00 bits per heavy atom. The van der Waals surface area contributed by atoms with Crippen LogP contribution in [0.3, 0.4) is 0 Å². The van der Waals surface area contributed by atoms with Gasteiger partial charge in [0.15, 0.2) is 0 Å². The number of hydrogen-bond acceptors (Lipinski definition) is 4. The number of aliphatic hydroxyl groups excluding tert-OH is 1. The van der Waals surface area contributed by atoms with Crippen molar-refractivity contribution in [2.45, 2.75) is 23.5 Å². The van der Waals surface area contributed by atoms with Crippen LogP contribution < -0.4 is 0 Å². The van der Waals surface area contributed by atoms with Crippen LogP contribution in [0.1, 0.15) is 6.42 Å². The first-order valence-electron chi connectivity index (χ1n) is 5.61. The molecule has 0 spiro atoms. The van der Waals surface area contributed by atoms with Gasteiger partial charge >= 0.3 is 5.97 Å². The minimum atomic E-state index is -3.99. The molecule has 1 aromatic rings. The monoisotopic (exact) mass is 427 g/mol. The molecule has 2 rings (SSSR count). The van der Waals surface area contributed by atoms with Crippen molar-refractivity contribution in [3.8, 4) is 0 Å². The van der Waals surface area contributed by atoms with E-state index in [9.17, 15) is 18.3 Å². The summed E-state index contributed by atoms with van der Waals surface area (Å²) in [7, 11) is -3.99. The molecule has 1 fully saturated rings. The fourth-order valence-corrected chi connectivity index (χ4v) is 5.42.